The maximum absolute atomic E-state index is 5.74. The van der Waals surface area contributed by atoms with Gasteiger partial charge in [-0.1, -0.05) is 37.9 Å². The Bertz CT molecular complexity index is 451. The van der Waals surface area contributed by atoms with Crippen molar-refractivity contribution >= 4 is 23.0 Å². The fourth-order valence-corrected chi connectivity index (χ4v) is 2.92. The highest BCUT2D eigenvalue weighted by Gasteiger charge is 2.18. The molecule has 0 aromatic carbocycles. The first-order chi connectivity index (χ1) is 9.08. The molecule has 1 aliphatic carbocycles. The predicted molar refractivity (Wildman–Crippen MR) is 84.8 cm³/mol. The van der Waals surface area contributed by atoms with Crippen molar-refractivity contribution in [1.29, 1.82) is 0 Å². The zero-order valence-electron chi connectivity index (χ0n) is 11.9. The molecule has 19 heavy (non-hydrogen) atoms. The second-order valence-electron chi connectivity index (χ2n) is 5.48. The second-order valence-corrected chi connectivity index (χ2v) is 5.92. The summed E-state index contributed by atoms with van der Waals surface area (Å²) in [6.07, 6.45) is 7.89. The highest BCUT2D eigenvalue weighted by molar-refractivity contribution is 7.80. The van der Waals surface area contributed by atoms with Gasteiger partial charge in [-0.25, -0.2) is 4.98 Å². The molecule has 0 aliphatic heterocycles. The SMILES string of the molecule is Cc1cc(C(N)=S)cc(N(C)C2CCCCCC2)n1. The summed E-state index contributed by atoms with van der Waals surface area (Å²) in [4.78, 5) is 7.38. The van der Waals surface area contributed by atoms with Gasteiger partial charge in [0.2, 0.25) is 0 Å². The van der Waals surface area contributed by atoms with E-state index in [-0.39, 0.29) is 0 Å². The Morgan fingerprint density at radius 3 is 2.47 bits per heavy atom. The Balaban J connectivity index is 2.21. The second kappa shape index (κ2) is 6.33. The Kier molecular flexibility index (Phi) is 4.75. The zero-order valence-corrected chi connectivity index (χ0v) is 12.7. The molecule has 0 amide bonds. The summed E-state index contributed by atoms with van der Waals surface area (Å²) in [5, 5.41) is 0. The van der Waals surface area contributed by atoms with Gasteiger partial charge in [0, 0.05) is 24.3 Å². The zero-order chi connectivity index (χ0) is 13.8. The molecule has 4 heteroatoms. The van der Waals surface area contributed by atoms with E-state index in [1.165, 1.54) is 38.5 Å². The smallest absolute Gasteiger partial charge is 0.129 e. The lowest BCUT2D eigenvalue weighted by Crippen LogP contribution is -2.32. The molecule has 1 saturated carbocycles. The number of pyridine rings is 1. The number of nitrogens with zero attached hydrogens (tertiary/aromatic N) is 2. The summed E-state index contributed by atoms with van der Waals surface area (Å²) >= 11 is 5.08. The molecule has 0 bridgehead atoms. The number of rotatable bonds is 3. The van der Waals surface area contributed by atoms with Crippen LogP contribution in [0.1, 0.15) is 49.8 Å². The third-order valence-electron chi connectivity index (χ3n) is 3.96. The van der Waals surface area contributed by atoms with Crippen LogP contribution in [-0.2, 0) is 0 Å². The molecule has 0 unspecified atom stereocenters. The quantitative estimate of drug-likeness (QED) is 0.680. The van der Waals surface area contributed by atoms with Crippen LogP contribution in [0.5, 0.6) is 0 Å². The van der Waals surface area contributed by atoms with Gasteiger partial charge in [-0.2, -0.15) is 0 Å². The molecule has 0 saturated heterocycles. The van der Waals surface area contributed by atoms with Gasteiger partial charge >= 0.3 is 0 Å². The fraction of sp³-hybridized carbons (Fsp3) is 0.600. The summed E-state index contributed by atoms with van der Waals surface area (Å²) in [6, 6.07) is 4.56. The standard InChI is InChI=1S/C15H23N3S/c1-11-9-12(15(16)19)10-14(17-11)18(2)13-7-5-3-4-6-8-13/h9-10,13H,3-8H2,1-2H3,(H2,16,19). The lowest BCUT2D eigenvalue weighted by Gasteiger charge is -2.28. The number of anilines is 1. The summed E-state index contributed by atoms with van der Waals surface area (Å²) in [7, 11) is 2.14. The third kappa shape index (κ3) is 3.66. The van der Waals surface area contributed by atoms with Gasteiger partial charge in [0.1, 0.15) is 10.8 Å². The van der Waals surface area contributed by atoms with Crippen molar-refractivity contribution in [3.05, 3.63) is 23.4 Å². The number of nitrogens with two attached hydrogens (primary N) is 1. The minimum atomic E-state index is 0.445. The van der Waals surface area contributed by atoms with Crippen LogP contribution in [0, 0.1) is 6.92 Å². The molecular formula is C15H23N3S. The highest BCUT2D eigenvalue weighted by atomic mass is 32.1. The Morgan fingerprint density at radius 2 is 1.89 bits per heavy atom. The van der Waals surface area contributed by atoms with E-state index in [0.717, 1.165) is 17.1 Å². The Hall–Kier alpha value is -1.16. The van der Waals surface area contributed by atoms with Gasteiger partial charge in [0.15, 0.2) is 0 Å². The van der Waals surface area contributed by atoms with Crippen LogP contribution < -0.4 is 10.6 Å². The van der Waals surface area contributed by atoms with E-state index in [1.54, 1.807) is 0 Å². The molecule has 2 N–H and O–H groups in total. The average molecular weight is 277 g/mol. The van der Waals surface area contributed by atoms with Gasteiger partial charge in [-0.15, -0.1) is 0 Å². The van der Waals surface area contributed by atoms with Crippen LogP contribution in [0.3, 0.4) is 0 Å². The van der Waals surface area contributed by atoms with Crippen molar-refractivity contribution in [3.63, 3.8) is 0 Å². The first-order valence-corrected chi connectivity index (χ1v) is 7.50. The number of aromatic nitrogens is 1. The lowest BCUT2D eigenvalue weighted by atomic mass is 10.1. The monoisotopic (exact) mass is 277 g/mol. The molecule has 1 heterocycles. The van der Waals surface area contributed by atoms with Crippen molar-refractivity contribution in [2.24, 2.45) is 5.73 Å². The van der Waals surface area contributed by atoms with Crippen molar-refractivity contribution in [2.75, 3.05) is 11.9 Å². The number of hydrogen-bond donors (Lipinski definition) is 1. The molecule has 1 aromatic heterocycles. The topological polar surface area (TPSA) is 42.1 Å². The van der Waals surface area contributed by atoms with Gasteiger partial charge in [0.05, 0.1) is 0 Å². The molecule has 0 radical (unpaired) electrons. The van der Waals surface area contributed by atoms with Gasteiger partial charge in [-0.3, -0.25) is 0 Å². The first kappa shape index (κ1) is 14.3. The summed E-state index contributed by atoms with van der Waals surface area (Å²) in [5.41, 5.74) is 7.63. The van der Waals surface area contributed by atoms with E-state index in [4.69, 9.17) is 18.0 Å². The van der Waals surface area contributed by atoms with Crippen molar-refractivity contribution in [2.45, 2.75) is 51.5 Å². The van der Waals surface area contributed by atoms with Crippen LogP contribution >= 0.6 is 12.2 Å². The van der Waals surface area contributed by atoms with Crippen LogP contribution in [-0.4, -0.2) is 23.1 Å². The van der Waals surface area contributed by atoms with E-state index < -0.39 is 0 Å². The fourth-order valence-electron chi connectivity index (χ4n) is 2.81. The van der Waals surface area contributed by atoms with E-state index >= 15 is 0 Å². The van der Waals surface area contributed by atoms with Crippen LogP contribution in [0.4, 0.5) is 5.82 Å². The number of hydrogen-bond acceptors (Lipinski definition) is 3. The molecule has 1 aromatic rings. The predicted octanol–water partition coefficient (Wildman–Crippen LogP) is 3.18. The summed E-state index contributed by atoms with van der Waals surface area (Å²) < 4.78 is 0. The Morgan fingerprint density at radius 1 is 1.26 bits per heavy atom. The van der Waals surface area contributed by atoms with E-state index in [2.05, 4.69) is 16.9 Å². The van der Waals surface area contributed by atoms with Crippen molar-refractivity contribution in [3.8, 4) is 0 Å². The van der Waals surface area contributed by atoms with Crippen LogP contribution in [0.15, 0.2) is 12.1 Å². The highest BCUT2D eigenvalue weighted by Crippen LogP contribution is 2.25. The molecule has 0 atom stereocenters. The Labute approximate surface area is 121 Å². The normalized spacial score (nSPS) is 16.9. The van der Waals surface area contributed by atoms with Crippen LogP contribution in [0.25, 0.3) is 0 Å². The number of aryl methyl sites for hydroxylation is 1. The molecule has 1 fully saturated rings. The lowest BCUT2D eigenvalue weighted by molar-refractivity contribution is 0.549. The van der Waals surface area contributed by atoms with Gasteiger partial charge in [-0.05, 0) is 31.9 Å². The minimum Gasteiger partial charge on any atom is -0.389 e. The van der Waals surface area contributed by atoms with E-state index in [0.29, 0.717) is 11.0 Å². The minimum absolute atomic E-state index is 0.445. The van der Waals surface area contributed by atoms with Crippen molar-refractivity contribution in [1.82, 2.24) is 4.98 Å². The first-order valence-electron chi connectivity index (χ1n) is 7.09. The largest absolute Gasteiger partial charge is 0.389 e. The molecule has 104 valence electrons. The molecule has 1 aliphatic rings. The van der Waals surface area contributed by atoms with Gasteiger partial charge < -0.3 is 10.6 Å². The average Bonchev–Trinajstić information content (AvgIpc) is 2.65. The maximum atomic E-state index is 5.74. The van der Waals surface area contributed by atoms with Crippen molar-refractivity contribution < 1.29 is 0 Å². The maximum Gasteiger partial charge on any atom is 0.129 e. The van der Waals surface area contributed by atoms with Gasteiger partial charge in [0.25, 0.3) is 0 Å². The summed E-state index contributed by atoms with van der Waals surface area (Å²) in [5.74, 6) is 0.995. The molecular weight excluding hydrogens is 254 g/mol. The number of thiocarbonyl (C=S) groups is 1. The van der Waals surface area contributed by atoms with Crippen LogP contribution in [0.2, 0.25) is 0 Å². The van der Waals surface area contributed by atoms with E-state index in [9.17, 15) is 0 Å². The third-order valence-corrected chi connectivity index (χ3v) is 4.19. The van der Waals surface area contributed by atoms with E-state index in [1.807, 2.05) is 19.1 Å². The summed E-state index contributed by atoms with van der Waals surface area (Å²) in [6.45, 7) is 1.99. The molecule has 2 rings (SSSR count). The molecule has 0 spiro atoms. The molecule has 3 nitrogen and oxygen atoms in total.